The molecule has 26 heavy (non-hydrogen) atoms. The molecule has 0 aliphatic rings. The maximum absolute atomic E-state index is 11.7. The number of rotatable bonds is 6. The molecule has 1 aromatic carbocycles. The molecule has 1 heterocycles. The van der Waals surface area contributed by atoms with Gasteiger partial charge in [-0.3, -0.25) is 15.1 Å². The zero-order valence-electron chi connectivity index (χ0n) is 14.7. The van der Waals surface area contributed by atoms with E-state index in [-0.39, 0.29) is 5.92 Å². The Hall–Kier alpha value is -3.22. The molecule has 136 valence electrons. The molecule has 0 atom stereocenters. The predicted octanol–water partition coefficient (Wildman–Crippen LogP) is 2.27. The second-order valence-corrected chi connectivity index (χ2v) is 6.02. The summed E-state index contributed by atoms with van der Waals surface area (Å²) in [5, 5.41) is 5.57. The van der Waals surface area contributed by atoms with Crippen LogP contribution in [0.2, 0.25) is 0 Å². The standard InChI is InChI=1S/C19H21N3O4/c1-13(2)11-21-19(25)22-16(23)12-26-17(24)9-8-15-6-3-5-14-7-4-10-20-18(14)15/h3-10,13H,11-12H2,1-2H3,(H2,21,22,23,25). The largest absolute Gasteiger partial charge is 0.452 e. The van der Waals surface area contributed by atoms with Gasteiger partial charge in [-0.15, -0.1) is 0 Å². The molecule has 0 fully saturated rings. The van der Waals surface area contributed by atoms with Crippen molar-refractivity contribution in [2.24, 2.45) is 5.92 Å². The molecule has 2 N–H and O–H groups in total. The molecule has 0 bridgehead atoms. The number of nitrogens with one attached hydrogen (secondary N) is 2. The quantitative estimate of drug-likeness (QED) is 0.612. The van der Waals surface area contributed by atoms with Crippen LogP contribution in [0.1, 0.15) is 19.4 Å². The molecule has 7 heteroatoms. The number of carbonyl (C=O) groups is 3. The minimum atomic E-state index is -0.695. The maximum atomic E-state index is 11.7. The smallest absolute Gasteiger partial charge is 0.331 e. The van der Waals surface area contributed by atoms with E-state index in [4.69, 9.17) is 4.74 Å². The average Bonchev–Trinajstić information content (AvgIpc) is 2.63. The van der Waals surface area contributed by atoms with Gasteiger partial charge in [0.2, 0.25) is 0 Å². The Labute approximate surface area is 151 Å². The highest BCUT2D eigenvalue weighted by molar-refractivity contribution is 5.97. The Bertz CT molecular complexity index is 825. The number of imide groups is 1. The number of fused-ring (bicyclic) bond motifs is 1. The van der Waals surface area contributed by atoms with Gasteiger partial charge in [0.15, 0.2) is 6.61 Å². The molecule has 3 amide bonds. The topological polar surface area (TPSA) is 97.4 Å². The van der Waals surface area contributed by atoms with Crippen LogP contribution in [0, 0.1) is 5.92 Å². The first-order valence-electron chi connectivity index (χ1n) is 8.22. The Morgan fingerprint density at radius 2 is 1.96 bits per heavy atom. The predicted molar refractivity (Wildman–Crippen MR) is 98.1 cm³/mol. The number of esters is 1. The van der Waals surface area contributed by atoms with Gasteiger partial charge in [-0.25, -0.2) is 9.59 Å². The van der Waals surface area contributed by atoms with Crippen LogP contribution in [-0.4, -0.2) is 36.0 Å². The third-order valence-corrected chi connectivity index (χ3v) is 3.33. The highest BCUT2D eigenvalue weighted by Gasteiger charge is 2.10. The van der Waals surface area contributed by atoms with E-state index in [1.165, 1.54) is 6.08 Å². The molecule has 7 nitrogen and oxygen atoms in total. The van der Waals surface area contributed by atoms with E-state index in [0.29, 0.717) is 6.54 Å². The number of para-hydroxylation sites is 1. The number of nitrogens with zero attached hydrogens (tertiary/aromatic N) is 1. The molecular formula is C19H21N3O4. The fourth-order valence-electron chi connectivity index (χ4n) is 2.11. The van der Waals surface area contributed by atoms with Gasteiger partial charge in [-0.2, -0.15) is 0 Å². The van der Waals surface area contributed by atoms with E-state index in [1.54, 1.807) is 12.3 Å². The van der Waals surface area contributed by atoms with Gasteiger partial charge >= 0.3 is 12.0 Å². The number of ether oxygens (including phenoxy) is 1. The fraction of sp³-hybridized carbons (Fsp3) is 0.263. The molecule has 2 aromatic rings. The normalized spacial score (nSPS) is 10.9. The highest BCUT2D eigenvalue weighted by Crippen LogP contribution is 2.17. The van der Waals surface area contributed by atoms with E-state index in [9.17, 15) is 14.4 Å². The number of pyridine rings is 1. The number of urea groups is 1. The Morgan fingerprint density at radius 3 is 2.73 bits per heavy atom. The second-order valence-electron chi connectivity index (χ2n) is 6.02. The number of hydrogen-bond acceptors (Lipinski definition) is 5. The molecular weight excluding hydrogens is 334 g/mol. The summed E-state index contributed by atoms with van der Waals surface area (Å²) in [7, 11) is 0. The fourth-order valence-corrected chi connectivity index (χ4v) is 2.11. The van der Waals surface area contributed by atoms with Crippen LogP contribution in [-0.2, 0) is 14.3 Å². The monoisotopic (exact) mass is 355 g/mol. The molecule has 0 radical (unpaired) electrons. The van der Waals surface area contributed by atoms with Crippen molar-refractivity contribution in [3.8, 4) is 0 Å². The zero-order valence-corrected chi connectivity index (χ0v) is 14.7. The Kier molecular flexibility index (Phi) is 6.84. The summed E-state index contributed by atoms with van der Waals surface area (Å²) in [4.78, 5) is 39.0. The van der Waals surface area contributed by atoms with E-state index >= 15 is 0 Å². The first-order chi connectivity index (χ1) is 12.5. The Balaban J connectivity index is 1.83. The van der Waals surface area contributed by atoms with Crippen LogP contribution in [0.5, 0.6) is 0 Å². The van der Waals surface area contributed by atoms with E-state index in [0.717, 1.165) is 16.5 Å². The summed E-state index contributed by atoms with van der Waals surface area (Å²) in [6.45, 7) is 3.77. The average molecular weight is 355 g/mol. The highest BCUT2D eigenvalue weighted by atomic mass is 16.5. The van der Waals surface area contributed by atoms with Gasteiger partial charge in [0.25, 0.3) is 5.91 Å². The molecule has 1 aromatic heterocycles. The van der Waals surface area contributed by atoms with Crippen molar-refractivity contribution in [3.05, 3.63) is 48.2 Å². The third-order valence-electron chi connectivity index (χ3n) is 3.33. The van der Waals surface area contributed by atoms with E-state index < -0.39 is 24.5 Å². The molecule has 0 unspecified atom stereocenters. The summed E-state index contributed by atoms with van der Waals surface area (Å²) in [6, 6.07) is 8.75. The van der Waals surface area contributed by atoms with Crippen molar-refractivity contribution in [2.45, 2.75) is 13.8 Å². The minimum Gasteiger partial charge on any atom is -0.452 e. The van der Waals surface area contributed by atoms with Gasteiger partial charge < -0.3 is 10.1 Å². The van der Waals surface area contributed by atoms with Crippen LogP contribution in [0.3, 0.4) is 0 Å². The van der Waals surface area contributed by atoms with Crippen molar-refractivity contribution in [1.29, 1.82) is 0 Å². The molecule has 0 saturated carbocycles. The SMILES string of the molecule is CC(C)CNC(=O)NC(=O)COC(=O)C=Cc1cccc2cccnc12. The summed E-state index contributed by atoms with van der Waals surface area (Å²) in [6.07, 6.45) is 4.47. The van der Waals surface area contributed by atoms with Gasteiger partial charge in [-0.1, -0.05) is 38.1 Å². The first-order valence-corrected chi connectivity index (χ1v) is 8.22. The summed E-state index contributed by atoms with van der Waals surface area (Å²) < 4.78 is 4.83. The number of benzene rings is 1. The molecule has 0 aliphatic carbocycles. The Morgan fingerprint density at radius 1 is 1.19 bits per heavy atom. The second kappa shape index (κ2) is 9.31. The summed E-state index contributed by atoms with van der Waals surface area (Å²) in [5.74, 6) is -1.11. The molecule has 0 spiro atoms. The summed E-state index contributed by atoms with van der Waals surface area (Å²) >= 11 is 0. The van der Waals surface area contributed by atoms with Gasteiger partial charge in [-0.05, 0) is 18.1 Å². The van der Waals surface area contributed by atoms with Crippen LogP contribution >= 0.6 is 0 Å². The summed E-state index contributed by atoms with van der Waals surface area (Å²) in [5.41, 5.74) is 1.52. The lowest BCUT2D eigenvalue weighted by atomic mass is 10.1. The maximum Gasteiger partial charge on any atom is 0.331 e. The number of hydrogen-bond donors (Lipinski definition) is 2. The van der Waals surface area contributed by atoms with Crippen LogP contribution < -0.4 is 10.6 Å². The third kappa shape index (κ3) is 6.01. The van der Waals surface area contributed by atoms with Crippen molar-refractivity contribution < 1.29 is 19.1 Å². The first kappa shape index (κ1) is 19.1. The van der Waals surface area contributed by atoms with E-state index in [1.807, 2.05) is 44.2 Å². The molecule has 2 rings (SSSR count). The van der Waals surface area contributed by atoms with Crippen molar-refractivity contribution in [3.63, 3.8) is 0 Å². The van der Waals surface area contributed by atoms with Crippen molar-refractivity contribution >= 4 is 34.9 Å². The van der Waals surface area contributed by atoms with Crippen molar-refractivity contribution in [2.75, 3.05) is 13.2 Å². The zero-order chi connectivity index (χ0) is 18.9. The molecule has 0 saturated heterocycles. The van der Waals surface area contributed by atoms with Crippen LogP contribution in [0.4, 0.5) is 4.79 Å². The number of carbonyl (C=O) groups excluding carboxylic acids is 3. The lowest BCUT2D eigenvalue weighted by Crippen LogP contribution is -2.42. The van der Waals surface area contributed by atoms with Gasteiger partial charge in [0.1, 0.15) is 0 Å². The van der Waals surface area contributed by atoms with Gasteiger partial charge in [0.05, 0.1) is 5.52 Å². The van der Waals surface area contributed by atoms with E-state index in [2.05, 4.69) is 15.6 Å². The number of aromatic nitrogens is 1. The van der Waals surface area contributed by atoms with Crippen LogP contribution in [0.15, 0.2) is 42.6 Å². The van der Waals surface area contributed by atoms with Gasteiger partial charge in [0, 0.05) is 29.8 Å². The minimum absolute atomic E-state index is 0.266. The van der Waals surface area contributed by atoms with Crippen molar-refractivity contribution in [1.82, 2.24) is 15.6 Å². The lowest BCUT2D eigenvalue weighted by Gasteiger charge is -2.08. The van der Waals surface area contributed by atoms with Crippen LogP contribution in [0.25, 0.3) is 17.0 Å². The number of amides is 3. The molecule has 0 aliphatic heterocycles. The lowest BCUT2D eigenvalue weighted by molar-refractivity contribution is -0.143.